The first-order chi connectivity index (χ1) is 11.9. The lowest BCUT2D eigenvalue weighted by Gasteiger charge is -2.33. The first kappa shape index (κ1) is 23.6. The smallest absolute Gasteiger partial charge is 0.191 e. The molecule has 148 valence electrons. The summed E-state index contributed by atoms with van der Waals surface area (Å²) in [5.74, 6) is 0.786. The quantitative estimate of drug-likeness (QED) is 0.318. The van der Waals surface area contributed by atoms with Crippen LogP contribution in [0.15, 0.2) is 33.7 Å². The summed E-state index contributed by atoms with van der Waals surface area (Å²) in [6.07, 6.45) is 3.33. The van der Waals surface area contributed by atoms with Crippen LogP contribution >= 0.6 is 39.9 Å². The Morgan fingerprint density at radius 2 is 1.88 bits per heavy atom. The number of nitrogens with zero attached hydrogens (tertiary/aromatic N) is 2. The third-order valence-corrected chi connectivity index (χ3v) is 5.71. The Balaban J connectivity index is 0.00000338. The minimum atomic E-state index is -2.96. The van der Waals surface area contributed by atoms with Crippen molar-refractivity contribution in [3.05, 3.63) is 34.3 Å². The molecule has 0 bridgehead atoms. The number of rotatable bonds is 6. The van der Waals surface area contributed by atoms with Gasteiger partial charge in [-0.05, 0) is 30.5 Å². The van der Waals surface area contributed by atoms with Crippen molar-refractivity contribution < 1.29 is 8.42 Å². The molecule has 1 aliphatic heterocycles. The van der Waals surface area contributed by atoms with Crippen molar-refractivity contribution in [2.24, 2.45) is 4.99 Å². The second-order valence-electron chi connectivity index (χ2n) is 6.45. The average molecular weight is 559 g/mol. The van der Waals surface area contributed by atoms with Crippen LogP contribution < -0.4 is 10.6 Å². The minimum Gasteiger partial charge on any atom is -0.355 e. The van der Waals surface area contributed by atoms with Gasteiger partial charge in [-0.15, -0.1) is 24.0 Å². The SMILES string of the molecule is CN=C(NCCS(C)(=O)=O)NC1CCN(Cc2ccc(Br)cc2)CC1.I. The molecule has 0 spiro atoms. The van der Waals surface area contributed by atoms with Gasteiger partial charge in [0.1, 0.15) is 9.84 Å². The number of hydrogen-bond acceptors (Lipinski definition) is 4. The highest BCUT2D eigenvalue weighted by molar-refractivity contribution is 14.0. The Morgan fingerprint density at radius 1 is 1.27 bits per heavy atom. The number of aliphatic imine (C=N–C) groups is 1. The largest absolute Gasteiger partial charge is 0.355 e. The highest BCUT2D eigenvalue weighted by Gasteiger charge is 2.20. The molecule has 26 heavy (non-hydrogen) atoms. The Hall–Kier alpha value is -0.390. The number of hydrogen-bond donors (Lipinski definition) is 2. The molecule has 1 aromatic carbocycles. The van der Waals surface area contributed by atoms with Crippen molar-refractivity contribution >= 4 is 55.7 Å². The molecule has 0 atom stereocenters. The minimum absolute atomic E-state index is 0. The van der Waals surface area contributed by atoms with Gasteiger partial charge in [-0.25, -0.2) is 8.42 Å². The fourth-order valence-corrected chi connectivity index (χ4v) is 3.56. The summed E-state index contributed by atoms with van der Waals surface area (Å²) >= 11 is 3.46. The van der Waals surface area contributed by atoms with E-state index in [9.17, 15) is 8.42 Å². The maximum Gasteiger partial charge on any atom is 0.191 e. The molecule has 1 heterocycles. The lowest BCUT2D eigenvalue weighted by Crippen LogP contribution is -2.49. The standard InChI is InChI=1S/C17H27BrN4O2S.HI/c1-19-17(20-9-12-25(2,23)24)21-16-7-10-22(11-8-16)13-14-3-5-15(18)6-4-14;/h3-6,16H,7-13H2,1-2H3,(H2,19,20,21);1H. The van der Waals surface area contributed by atoms with E-state index in [2.05, 4.69) is 60.7 Å². The first-order valence-corrected chi connectivity index (χ1v) is 11.3. The van der Waals surface area contributed by atoms with Gasteiger partial charge in [0.05, 0.1) is 5.75 Å². The molecule has 2 rings (SSSR count). The van der Waals surface area contributed by atoms with Gasteiger partial charge in [0.2, 0.25) is 0 Å². The average Bonchev–Trinajstić information content (AvgIpc) is 2.56. The van der Waals surface area contributed by atoms with Gasteiger partial charge in [0, 0.05) is 50.0 Å². The first-order valence-electron chi connectivity index (χ1n) is 8.47. The van der Waals surface area contributed by atoms with Crippen LogP contribution in [0.1, 0.15) is 18.4 Å². The van der Waals surface area contributed by atoms with Gasteiger partial charge in [-0.3, -0.25) is 9.89 Å². The van der Waals surface area contributed by atoms with Crippen molar-refractivity contribution in [1.82, 2.24) is 15.5 Å². The number of nitrogens with one attached hydrogen (secondary N) is 2. The number of guanidine groups is 1. The monoisotopic (exact) mass is 558 g/mol. The van der Waals surface area contributed by atoms with Gasteiger partial charge < -0.3 is 10.6 Å². The number of piperidine rings is 1. The number of likely N-dealkylation sites (tertiary alicyclic amines) is 1. The molecular formula is C17H28BrIN4O2S. The molecule has 9 heteroatoms. The van der Waals surface area contributed by atoms with Crippen LogP contribution in [-0.2, 0) is 16.4 Å². The summed E-state index contributed by atoms with van der Waals surface area (Å²) in [7, 11) is -1.25. The number of sulfone groups is 1. The van der Waals surface area contributed by atoms with Gasteiger partial charge in [0.15, 0.2) is 5.96 Å². The van der Waals surface area contributed by atoms with Gasteiger partial charge in [-0.2, -0.15) is 0 Å². The summed E-state index contributed by atoms with van der Waals surface area (Å²) in [6.45, 7) is 3.42. The molecule has 0 unspecified atom stereocenters. The van der Waals surface area contributed by atoms with Crippen molar-refractivity contribution in [3.63, 3.8) is 0 Å². The van der Waals surface area contributed by atoms with E-state index in [4.69, 9.17) is 0 Å². The zero-order valence-electron chi connectivity index (χ0n) is 15.2. The molecule has 0 amide bonds. The lowest BCUT2D eigenvalue weighted by atomic mass is 10.0. The number of benzene rings is 1. The molecule has 0 radical (unpaired) electrons. The van der Waals surface area contributed by atoms with E-state index in [-0.39, 0.29) is 29.7 Å². The van der Waals surface area contributed by atoms with Crippen LogP contribution in [0.4, 0.5) is 0 Å². The maximum absolute atomic E-state index is 11.2. The Bertz CT molecular complexity index is 675. The van der Waals surface area contributed by atoms with Crippen LogP contribution in [0, 0.1) is 0 Å². The fourth-order valence-electron chi connectivity index (χ4n) is 2.83. The van der Waals surface area contributed by atoms with Crippen molar-refractivity contribution in [1.29, 1.82) is 0 Å². The third kappa shape index (κ3) is 9.01. The van der Waals surface area contributed by atoms with Gasteiger partial charge in [-0.1, -0.05) is 28.1 Å². The second-order valence-corrected chi connectivity index (χ2v) is 9.63. The molecule has 0 saturated carbocycles. The van der Waals surface area contributed by atoms with Crippen LogP contribution in [0.5, 0.6) is 0 Å². The van der Waals surface area contributed by atoms with Crippen LogP contribution in [0.2, 0.25) is 0 Å². The molecular weight excluding hydrogens is 531 g/mol. The molecule has 6 nitrogen and oxygen atoms in total. The molecule has 0 aliphatic carbocycles. The van der Waals surface area contributed by atoms with E-state index in [1.54, 1.807) is 7.05 Å². The predicted molar refractivity (Wildman–Crippen MR) is 122 cm³/mol. The van der Waals surface area contributed by atoms with E-state index in [1.165, 1.54) is 11.8 Å². The van der Waals surface area contributed by atoms with Crippen molar-refractivity contribution in [3.8, 4) is 0 Å². The lowest BCUT2D eigenvalue weighted by molar-refractivity contribution is 0.198. The van der Waals surface area contributed by atoms with Crippen molar-refractivity contribution in [2.75, 3.05) is 38.7 Å². The molecule has 1 aliphatic rings. The summed E-state index contributed by atoms with van der Waals surface area (Å²) in [5.41, 5.74) is 1.33. The van der Waals surface area contributed by atoms with Gasteiger partial charge >= 0.3 is 0 Å². The van der Waals surface area contributed by atoms with E-state index in [1.807, 2.05) is 0 Å². The van der Waals surface area contributed by atoms with Crippen LogP contribution in [-0.4, -0.2) is 64.0 Å². The predicted octanol–water partition coefficient (Wildman–Crippen LogP) is 2.24. The Labute approximate surface area is 182 Å². The summed E-state index contributed by atoms with van der Waals surface area (Å²) in [4.78, 5) is 6.64. The zero-order valence-corrected chi connectivity index (χ0v) is 20.0. The topological polar surface area (TPSA) is 73.8 Å². The molecule has 1 saturated heterocycles. The molecule has 1 fully saturated rings. The van der Waals surface area contributed by atoms with E-state index in [0.29, 0.717) is 18.5 Å². The normalized spacial score (nSPS) is 16.8. The van der Waals surface area contributed by atoms with E-state index < -0.39 is 9.84 Å². The highest BCUT2D eigenvalue weighted by atomic mass is 127. The summed E-state index contributed by atoms with van der Waals surface area (Å²) < 4.78 is 23.5. The van der Waals surface area contributed by atoms with E-state index >= 15 is 0 Å². The van der Waals surface area contributed by atoms with Crippen LogP contribution in [0.25, 0.3) is 0 Å². The molecule has 1 aromatic rings. The highest BCUT2D eigenvalue weighted by Crippen LogP contribution is 2.16. The van der Waals surface area contributed by atoms with E-state index in [0.717, 1.165) is 36.9 Å². The molecule has 2 N–H and O–H groups in total. The van der Waals surface area contributed by atoms with Gasteiger partial charge in [0.25, 0.3) is 0 Å². The Kier molecular flexibility index (Phi) is 10.4. The second kappa shape index (κ2) is 11.5. The molecule has 0 aromatic heterocycles. The third-order valence-electron chi connectivity index (χ3n) is 4.24. The maximum atomic E-state index is 11.2. The summed E-state index contributed by atoms with van der Waals surface area (Å²) in [6, 6.07) is 8.83. The van der Waals surface area contributed by atoms with Crippen LogP contribution in [0.3, 0.4) is 0 Å². The number of halogens is 2. The Morgan fingerprint density at radius 3 is 2.42 bits per heavy atom. The zero-order chi connectivity index (χ0) is 18.3. The summed E-state index contributed by atoms with van der Waals surface area (Å²) in [5, 5.41) is 6.47. The fraction of sp³-hybridized carbons (Fsp3) is 0.588. The van der Waals surface area contributed by atoms with Crippen molar-refractivity contribution in [2.45, 2.75) is 25.4 Å².